The van der Waals surface area contributed by atoms with Gasteiger partial charge in [0, 0.05) is 29.7 Å². The molecule has 1 fully saturated rings. The molecule has 8 heteroatoms. The van der Waals surface area contributed by atoms with Gasteiger partial charge < -0.3 is 19.5 Å². The first-order valence-corrected chi connectivity index (χ1v) is 11.9. The van der Waals surface area contributed by atoms with Crippen molar-refractivity contribution >= 4 is 38.9 Å². The van der Waals surface area contributed by atoms with Crippen molar-refractivity contribution in [1.29, 1.82) is 0 Å². The van der Waals surface area contributed by atoms with E-state index in [0.717, 1.165) is 28.7 Å². The molecule has 1 aliphatic rings. The van der Waals surface area contributed by atoms with Gasteiger partial charge in [-0.3, -0.25) is 9.69 Å². The summed E-state index contributed by atoms with van der Waals surface area (Å²) in [5, 5.41) is 4.52. The molecule has 32 heavy (non-hydrogen) atoms. The summed E-state index contributed by atoms with van der Waals surface area (Å²) in [5.74, 6) is 1.23. The molecule has 1 unspecified atom stereocenters. The highest BCUT2D eigenvalue weighted by atomic mass is 35.5. The molecular weight excluding hydrogens is 448 g/mol. The minimum Gasteiger partial charge on any atom is -0.493 e. The van der Waals surface area contributed by atoms with Crippen molar-refractivity contribution < 1.29 is 19.0 Å². The molecule has 0 aliphatic carbocycles. The Bertz CT molecular complexity index is 1080. The van der Waals surface area contributed by atoms with Gasteiger partial charge in [-0.2, -0.15) is 0 Å². The van der Waals surface area contributed by atoms with Crippen LogP contribution in [0.15, 0.2) is 42.5 Å². The van der Waals surface area contributed by atoms with Crippen LogP contribution < -0.4 is 14.8 Å². The van der Waals surface area contributed by atoms with Gasteiger partial charge in [0.05, 0.1) is 38.0 Å². The van der Waals surface area contributed by atoms with Crippen LogP contribution in [0.1, 0.15) is 28.2 Å². The molecule has 2 heterocycles. The molecule has 0 saturated carbocycles. The Balaban J connectivity index is 1.57. The molecule has 1 atom stereocenters. The van der Waals surface area contributed by atoms with Gasteiger partial charge in [-0.25, -0.2) is 0 Å². The lowest BCUT2D eigenvalue weighted by Gasteiger charge is -2.35. The Hall–Kier alpha value is -2.32. The van der Waals surface area contributed by atoms with E-state index in [0.29, 0.717) is 47.8 Å². The average molecular weight is 475 g/mol. The van der Waals surface area contributed by atoms with E-state index in [1.54, 1.807) is 7.11 Å². The minimum atomic E-state index is -0.160. The fraction of sp³-hybridized carbons (Fsp3) is 0.375. The molecule has 2 aromatic carbocycles. The maximum Gasteiger partial charge on any atom is 0.262 e. The van der Waals surface area contributed by atoms with Crippen LogP contribution in [0.4, 0.5) is 0 Å². The molecule has 4 rings (SSSR count). The van der Waals surface area contributed by atoms with Crippen molar-refractivity contribution in [3.05, 3.63) is 57.9 Å². The zero-order valence-corrected chi connectivity index (χ0v) is 19.8. The predicted octanol–water partition coefficient (Wildman–Crippen LogP) is 4.77. The minimum absolute atomic E-state index is 0.0272. The molecule has 3 aromatic rings. The SMILES string of the molecule is CCOc1ccc(C(CNC(=O)c2sc3ccccc3c2Cl)N2CCOCC2)cc1OC. The first-order chi connectivity index (χ1) is 15.6. The summed E-state index contributed by atoms with van der Waals surface area (Å²) in [6.07, 6.45) is 0. The summed E-state index contributed by atoms with van der Waals surface area (Å²) >= 11 is 7.93. The Kier molecular flexibility index (Phi) is 7.52. The van der Waals surface area contributed by atoms with Gasteiger partial charge >= 0.3 is 0 Å². The van der Waals surface area contributed by atoms with Gasteiger partial charge in [0.2, 0.25) is 0 Å². The smallest absolute Gasteiger partial charge is 0.262 e. The van der Waals surface area contributed by atoms with Crippen LogP contribution in [0.3, 0.4) is 0 Å². The average Bonchev–Trinajstić information content (AvgIpc) is 3.17. The lowest BCUT2D eigenvalue weighted by molar-refractivity contribution is 0.0162. The zero-order valence-electron chi connectivity index (χ0n) is 18.2. The van der Waals surface area contributed by atoms with E-state index >= 15 is 0 Å². The number of morpholine rings is 1. The number of methoxy groups -OCH3 is 1. The van der Waals surface area contributed by atoms with Gasteiger partial charge in [-0.15, -0.1) is 11.3 Å². The molecule has 1 amide bonds. The van der Waals surface area contributed by atoms with Gasteiger partial charge in [0.15, 0.2) is 11.5 Å². The quantitative estimate of drug-likeness (QED) is 0.509. The van der Waals surface area contributed by atoms with Crippen LogP contribution in [0.25, 0.3) is 10.1 Å². The highest BCUT2D eigenvalue weighted by Crippen LogP contribution is 2.36. The predicted molar refractivity (Wildman–Crippen MR) is 128 cm³/mol. The second-order valence-corrected chi connectivity index (χ2v) is 8.89. The standard InChI is InChI=1S/C24H27ClN2O4S/c1-3-31-19-9-8-16(14-20(19)29-2)18(27-10-12-30-13-11-27)15-26-24(28)23-22(25)17-6-4-5-7-21(17)32-23/h4-9,14,18H,3,10-13,15H2,1-2H3,(H,26,28). The third-order valence-electron chi connectivity index (χ3n) is 5.56. The highest BCUT2D eigenvalue weighted by Gasteiger charge is 2.25. The topological polar surface area (TPSA) is 60.0 Å². The summed E-state index contributed by atoms with van der Waals surface area (Å²) in [6.45, 7) is 5.87. The van der Waals surface area contributed by atoms with Crippen LogP contribution in [-0.4, -0.2) is 57.4 Å². The van der Waals surface area contributed by atoms with Crippen molar-refractivity contribution in [2.24, 2.45) is 0 Å². The first-order valence-electron chi connectivity index (χ1n) is 10.7. The lowest BCUT2D eigenvalue weighted by Crippen LogP contribution is -2.43. The van der Waals surface area contributed by atoms with Crippen LogP contribution in [0, 0.1) is 0 Å². The second kappa shape index (κ2) is 10.5. The molecule has 0 bridgehead atoms. The van der Waals surface area contributed by atoms with E-state index in [1.807, 2.05) is 49.4 Å². The maximum atomic E-state index is 13.0. The summed E-state index contributed by atoms with van der Waals surface area (Å²) in [7, 11) is 1.64. The third kappa shape index (κ3) is 4.86. The summed E-state index contributed by atoms with van der Waals surface area (Å²) in [6, 6.07) is 13.7. The number of nitrogens with zero attached hydrogens (tertiary/aromatic N) is 1. The summed E-state index contributed by atoms with van der Waals surface area (Å²) < 4.78 is 17.8. The highest BCUT2D eigenvalue weighted by molar-refractivity contribution is 7.21. The summed E-state index contributed by atoms with van der Waals surface area (Å²) in [5.41, 5.74) is 1.05. The number of halogens is 1. The van der Waals surface area contributed by atoms with Crippen molar-refractivity contribution in [2.45, 2.75) is 13.0 Å². The third-order valence-corrected chi connectivity index (χ3v) is 7.23. The number of benzene rings is 2. The monoisotopic (exact) mass is 474 g/mol. The molecule has 0 spiro atoms. The van der Waals surface area contributed by atoms with E-state index in [9.17, 15) is 4.79 Å². The molecule has 1 aromatic heterocycles. The Morgan fingerprint density at radius 3 is 2.72 bits per heavy atom. The number of rotatable bonds is 8. The zero-order chi connectivity index (χ0) is 22.5. The van der Waals surface area contributed by atoms with Crippen molar-refractivity contribution in [3.63, 3.8) is 0 Å². The van der Waals surface area contributed by atoms with Gasteiger partial charge in [-0.05, 0) is 30.7 Å². The van der Waals surface area contributed by atoms with Crippen LogP contribution in [0.2, 0.25) is 5.02 Å². The Morgan fingerprint density at radius 1 is 1.22 bits per heavy atom. The maximum absolute atomic E-state index is 13.0. The number of thiophene rings is 1. The Labute approximate surface area is 197 Å². The number of amides is 1. The van der Waals surface area contributed by atoms with E-state index in [4.69, 9.17) is 25.8 Å². The number of nitrogens with one attached hydrogen (secondary N) is 1. The van der Waals surface area contributed by atoms with Gasteiger partial charge in [0.25, 0.3) is 5.91 Å². The first kappa shape index (κ1) is 22.9. The number of carbonyl (C=O) groups is 1. The van der Waals surface area contributed by atoms with E-state index in [1.165, 1.54) is 11.3 Å². The van der Waals surface area contributed by atoms with E-state index < -0.39 is 0 Å². The fourth-order valence-corrected chi connectivity index (χ4v) is 5.38. The summed E-state index contributed by atoms with van der Waals surface area (Å²) in [4.78, 5) is 15.9. The molecule has 170 valence electrons. The molecule has 1 aliphatic heterocycles. The lowest BCUT2D eigenvalue weighted by atomic mass is 10.0. The van der Waals surface area contributed by atoms with Gasteiger partial charge in [-0.1, -0.05) is 35.9 Å². The number of ether oxygens (including phenoxy) is 3. The van der Waals surface area contributed by atoms with Gasteiger partial charge in [0.1, 0.15) is 4.88 Å². The van der Waals surface area contributed by atoms with E-state index in [2.05, 4.69) is 10.2 Å². The van der Waals surface area contributed by atoms with Crippen LogP contribution >= 0.6 is 22.9 Å². The largest absolute Gasteiger partial charge is 0.493 e. The normalized spacial score (nSPS) is 15.5. The molecule has 6 nitrogen and oxygen atoms in total. The second-order valence-electron chi connectivity index (χ2n) is 7.46. The van der Waals surface area contributed by atoms with Crippen LogP contribution in [-0.2, 0) is 4.74 Å². The van der Waals surface area contributed by atoms with E-state index in [-0.39, 0.29) is 11.9 Å². The van der Waals surface area contributed by atoms with Crippen molar-refractivity contribution in [1.82, 2.24) is 10.2 Å². The number of fused-ring (bicyclic) bond motifs is 1. The molecular formula is C24H27ClN2O4S. The molecule has 1 N–H and O–H groups in total. The van der Waals surface area contributed by atoms with Crippen molar-refractivity contribution in [2.75, 3.05) is 46.6 Å². The molecule has 0 radical (unpaired) electrons. The number of hydrogen-bond acceptors (Lipinski definition) is 6. The number of carbonyl (C=O) groups excluding carboxylic acids is 1. The number of hydrogen-bond donors (Lipinski definition) is 1. The fourth-order valence-electron chi connectivity index (χ4n) is 3.94. The Morgan fingerprint density at radius 2 is 2.00 bits per heavy atom. The van der Waals surface area contributed by atoms with Crippen LogP contribution in [0.5, 0.6) is 11.5 Å². The molecule has 1 saturated heterocycles. The van der Waals surface area contributed by atoms with Crippen molar-refractivity contribution in [3.8, 4) is 11.5 Å².